The molecule has 1 amide bonds. The fraction of sp³-hybridized carbons (Fsp3) is 0.409. The number of rotatable bonds is 6. The van der Waals surface area contributed by atoms with Gasteiger partial charge in [-0.05, 0) is 37.1 Å². The molecule has 0 aliphatic carbocycles. The molecule has 0 radical (unpaired) electrons. The molecule has 1 fully saturated rings. The lowest BCUT2D eigenvalue weighted by Crippen LogP contribution is -2.50. The maximum Gasteiger partial charge on any atom is 0.253 e. The van der Waals surface area contributed by atoms with Crippen LogP contribution in [0.15, 0.2) is 54.6 Å². The second-order valence-corrected chi connectivity index (χ2v) is 7.21. The van der Waals surface area contributed by atoms with E-state index in [0.29, 0.717) is 6.04 Å². The number of piperazine rings is 1. The van der Waals surface area contributed by atoms with Crippen LogP contribution in [0.5, 0.6) is 0 Å². The van der Waals surface area contributed by atoms with Crippen LogP contribution in [0.4, 0.5) is 0 Å². The van der Waals surface area contributed by atoms with E-state index in [1.807, 2.05) is 23.1 Å². The van der Waals surface area contributed by atoms with Crippen molar-refractivity contribution in [3.05, 3.63) is 71.3 Å². The molecule has 28 heavy (non-hydrogen) atoms. The average Bonchev–Trinajstić information content (AvgIpc) is 2.69. The Labute approximate surface area is 181 Å². The molecule has 0 unspecified atom stereocenters. The highest BCUT2D eigenvalue weighted by molar-refractivity contribution is 5.94. The second kappa shape index (κ2) is 12.1. The van der Waals surface area contributed by atoms with E-state index in [1.165, 1.54) is 11.1 Å². The van der Waals surface area contributed by atoms with Gasteiger partial charge in [-0.1, -0.05) is 42.5 Å². The van der Waals surface area contributed by atoms with Crippen LogP contribution in [0.25, 0.3) is 0 Å². The lowest BCUT2D eigenvalue weighted by Gasteiger charge is -2.37. The first-order valence-electron chi connectivity index (χ1n) is 9.50. The van der Waals surface area contributed by atoms with Crippen molar-refractivity contribution in [3.63, 3.8) is 0 Å². The SMILES string of the molecule is CC(C)N1CCN(C(=O)c2ccc(CNCc3ccccc3)cc2)CC1.Cl.Cl. The number of carbonyl (C=O) groups excluding carboxylic acids is 1. The summed E-state index contributed by atoms with van der Waals surface area (Å²) in [7, 11) is 0. The fourth-order valence-corrected chi connectivity index (χ4v) is 3.34. The molecule has 2 aromatic carbocycles. The molecule has 154 valence electrons. The van der Waals surface area contributed by atoms with Crippen LogP contribution in [0.2, 0.25) is 0 Å². The third kappa shape index (κ3) is 6.78. The second-order valence-electron chi connectivity index (χ2n) is 7.21. The summed E-state index contributed by atoms with van der Waals surface area (Å²) in [6.07, 6.45) is 0. The zero-order chi connectivity index (χ0) is 18.4. The van der Waals surface area contributed by atoms with Crippen molar-refractivity contribution in [3.8, 4) is 0 Å². The minimum atomic E-state index is 0. The summed E-state index contributed by atoms with van der Waals surface area (Å²) in [5, 5.41) is 3.44. The Morgan fingerprint density at radius 1 is 0.857 bits per heavy atom. The molecule has 0 bridgehead atoms. The van der Waals surface area contributed by atoms with Gasteiger partial charge in [-0.2, -0.15) is 0 Å². The van der Waals surface area contributed by atoms with E-state index in [1.54, 1.807) is 0 Å². The molecule has 1 N–H and O–H groups in total. The summed E-state index contributed by atoms with van der Waals surface area (Å²) in [4.78, 5) is 17.1. The number of hydrogen-bond acceptors (Lipinski definition) is 3. The van der Waals surface area contributed by atoms with E-state index in [4.69, 9.17) is 0 Å². The predicted octanol–water partition coefficient (Wildman–Crippen LogP) is 3.99. The van der Waals surface area contributed by atoms with Gasteiger partial charge in [0.05, 0.1) is 0 Å². The fourth-order valence-electron chi connectivity index (χ4n) is 3.34. The maximum atomic E-state index is 12.7. The van der Waals surface area contributed by atoms with Crippen molar-refractivity contribution in [1.29, 1.82) is 0 Å². The quantitative estimate of drug-likeness (QED) is 0.762. The maximum absolute atomic E-state index is 12.7. The molecule has 3 rings (SSSR count). The van der Waals surface area contributed by atoms with Gasteiger partial charge in [0.1, 0.15) is 0 Å². The molecule has 6 heteroatoms. The zero-order valence-electron chi connectivity index (χ0n) is 16.6. The van der Waals surface area contributed by atoms with E-state index in [2.05, 4.69) is 60.5 Å². The minimum absolute atomic E-state index is 0. The highest BCUT2D eigenvalue weighted by Crippen LogP contribution is 2.12. The standard InChI is InChI=1S/C22H29N3O.2ClH/c1-18(2)24-12-14-25(15-13-24)22(26)21-10-8-20(9-11-21)17-23-16-19-6-4-3-5-7-19;;/h3-11,18,23H,12-17H2,1-2H3;2*1H. The summed E-state index contributed by atoms with van der Waals surface area (Å²) in [5.74, 6) is 0.150. The Kier molecular flexibility index (Phi) is 10.5. The number of halogens is 2. The van der Waals surface area contributed by atoms with Crippen LogP contribution in [-0.2, 0) is 13.1 Å². The van der Waals surface area contributed by atoms with Crippen molar-refractivity contribution in [2.24, 2.45) is 0 Å². The highest BCUT2D eigenvalue weighted by atomic mass is 35.5. The normalized spacial score (nSPS) is 14.3. The van der Waals surface area contributed by atoms with Crippen LogP contribution in [0.1, 0.15) is 35.3 Å². The van der Waals surface area contributed by atoms with Gasteiger partial charge in [0.2, 0.25) is 0 Å². The molecular weight excluding hydrogens is 393 g/mol. The van der Waals surface area contributed by atoms with Crippen LogP contribution in [0.3, 0.4) is 0 Å². The first-order valence-corrected chi connectivity index (χ1v) is 9.50. The minimum Gasteiger partial charge on any atom is -0.336 e. The van der Waals surface area contributed by atoms with Gasteiger partial charge in [-0.3, -0.25) is 9.69 Å². The third-order valence-electron chi connectivity index (χ3n) is 5.03. The summed E-state index contributed by atoms with van der Waals surface area (Å²) in [6, 6.07) is 18.9. The molecule has 2 aromatic rings. The predicted molar refractivity (Wildman–Crippen MR) is 121 cm³/mol. The van der Waals surface area contributed by atoms with Crippen molar-refractivity contribution in [2.75, 3.05) is 26.2 Å². The van der Waals surface area contributed by atoms with E-state index in [0.717, 1.165) is 44.8 Å². The van der Waals surface area contributed by atoms with E-state index in [9.17, 15) is 4.79 Å². The molecule has 1 aliphatic rings. The van der Waals surface area contributed by atoms with Gasteiger partial charge in [-0.25, -0.2) is 0 Å². The highest BCUT2D eigenvalue weighted by Gasteiger charge is 2.23. The zero-order valence-corrected chi connectivity index (χ0v) is 18.3. The van der Waals surface area contributed by atoms with E-state index >= 15 is 0 Å². The van der Waals surface area contributed by atoms with Gasteiger partial charge in [-0.15, -0.1) is 24.8 Å². The number of hydrogen-bond donors (Lipinski definition) is 1. The molecule has 0 atom stereocenters. The van der Waals surface area contributed by atoms with Crippen molar-refractivity contribution < 1.29 is 4.79 Å². The van der Waals surface area contributed by atoms with Gasteiger partial charge in [0.25, 0.3) is 5.91 Å². The Bertz CT molecular complexity index is 699. The summed E-state index contributed by atoms with van der Waals surface area (Å²) in [6.45, 7) is 9.63. The first kappa shape index (κ1) is 24.4. The van der Waals surface area contributed by atoms with E-state index in [-0.39, 0.29) is 30.7 Å². The molecular formula is C22H31Cl2N3O. The van der Waals surface area contributed by atoms with Gasteiger partial charge in [0, 0.05) is 50.9 Å². The molecule has 0 aromatic heterocycles. The molecule has 4 nitrogen and oxygen atoms in total. The van der Waals surface area contributed by atoms with E-state index < -0.39 is 0 Å². The Hall–Kier alpha value is -1.59. The Balaban J connectivity index is 0.00000196. The number of benzene rings is 2. The molecule has 1 aliphatic heterocycles. The monoisotopic (exact) mass is 423 g/mol. The summed E-state index contributed by atoms with van der Waals surface area (Å²) >= 11 is 0. The lowest BCUT2D eigenvalue weighted by atomic mass is 10.1. The van der Waals surface area contributed by atoms with Crippen molar-refractivity contribution in [2.45, 2.75) is 33.0 Å². The molecule has 1 saturated heterocycles. The summed E-state index contributed by atoms with van der Waals surface area (Å²) in [5.41, 5.74) is 3.26. The lowest BCUT2D eigenvalue weighted by molar-refractivity contribution is 0.0595. The molecule has 0 saturated carbocycles. The van der Waals surface area contributed by atoms with Gasteiger partial charge in [0.15, 0.2) is 0 Å². The van der Waals surface area contributed by atoms with Crippen LogP contribution in [0, 0.1) is 0 Å². The Morgan fingerprint density at radius 2 is 1.39 bits per heavy atom. The van der Waals surface area contributed by atoms with Crippen LogP contribution in [-0.4, -0.2) is 47.9 Å². The van der Waals surface area contributed by atoms with Gasteiger partial charge >= 0.3 is 0 Å². The Morgan fingerprint density at radius 3 is 1.93 bits per heavy atom. The van der Waals surface area contributed by atoms with Crippen molar-refractivity contribution >= 4 is 30.7 Å². The number of amides is 1. The van der Waals surface area contributed by atoms with Crippen LogP contribution >= 0.6 is 24.8 Å². The third-order valence-corrected chi connectivity index (χ3v) is 5.03. The number of carbonyl (C=O) groups is 1. The summed E-state index contributed by atoms with van der Waals surface area (Å²) < 4.78 is 0. The van der Waals surface area contributed by atoms with Gasteiger partial charge < -0.3 is 10.2 Å². The number of nitrogens with one attached hydrogen (secondary N) is 1. The largest absolute Gasteiger partial charge is 0.336 e. The first-order chi connectivity index (χ1) is 12.6. The number of nitrogens with zero attached hydrogens (tertiary/aromatic N) is 2. The smallest absolute Gasteiger partial charge is 0.253 e. The van der Waals surface area contributed by atoms with Crippen molar-refractivity contribution in [1.82, 2.24) is 15.1 Å². The average molecular weight is 424 g/mol. The molecule has 1 heterocycles. The van der Waals surface area contributed by atoms with Crippen LogP contribution < -0.4 is 5.32 Å². The molecule has 0 spiro atoms. The topological polar surface area (TPSA) is 35.6 Å².